The Morgan fingerprint density at radius 3 is 2.54 bits per heavy atom. The van der Waals surface area contributed by atoms with Crippen molar-refractivity contribution in [1.29, 1.82) is 0 Å². The molecule has 0 atom stereocenters. The summed E-state index contributed by atoms with van der Waals surface area (Å²) < 4.78 is 4.73. The number of para-hydroxylation sites is 1. The summed E-state index contributed by atoms with van der Waals surface area (Å²) in [5.41, 5.74) is 1.68. The van der Waals surface area contributed by atoms with E-state index in [-0.39, 0.29) is 17.8 Å². The Morgan fingerprint density at radius 1 is 1.12 bits per heavy atom. The number of amides is 2. The van der Waals surface area contributed by atoms with Gasteiger partial charge in [0.25, 0.3) is 11.1 Å². The predicted molar refractivity (Wildman–Crippen MR) is 101 cm³/mol. The first kappa shape index (κ1) is 17.8. The summed E-state index contributed by atoms with van der Waals surface area (Å²) in [6.45, 7) is -0.0369. The van der Waals surface area contributed by atoms with Gasteiger partial charge in [0.1, 0.15) is 0 Å². The average Bonchev–Trinajstić information content (AvgIpc) is 2.93. The number of thioether (sulfide) groups is 1. The van der Waals surface area contributed by atoms with E-state index in [2.05, 4.69) is 5.32 Å². The molecular weight excluding hydrogens is 352 g/mol. The third kappa shape index (κ3) is 3.78. The molecule has 2 aromatic carbocycles. The Kier molecular flexibility index (Phi) is 5.38. The van der Waals surface area contributed by atoms with E-state index in [1.54, 1.807) is 30.3 Å². The van der Waals surface area contributed by atoms with Gasteiger partial charge in [0.2, 0.25) is 0 Å². The number of methoxy groups -OCH3 is 1. The highest BCUT2D eigenvalue weighted by Gasteiger charge is 2.34. The van der Waals surface area contributed by atoms with Crippen molar-refractivity contribution in [2.24, 2.45) is 0 Å². The molecule has 0 radical (unpaired) electrons. The zero-order valence-electron chi connectivity index (χ0n) is 14.0. The van der Waals surface area contributed by atoms with Crippen molar-refractivity contribution < 1.29 is 19.1 Å². The number of esters is 1. The average molecular weight is 368 g/mol. The number of anilines is 1. The minimum atomic E-state index is -0.494. The maximum atomic E-state index is 12.5. The number of carbonyl (C=O) groups is 3. The monoisotopic (exact) mass is 368 g/mol. The van der Waals surface area contributed by atoms with Crippen molar-refractivity contribution in [2.75, 3.05) is 19.1 Å². The molecule has 7 heteroatoms. The first-order valence-electron chi connectivity index (χ1n) is 7.82. The second-order valence-electron chi connectivity index (χ2n) is 5.39. The van der Waals surface area contributed by atoms with Crippen molar-refractivity contribution >= 4 is 40.6 Å². The summed E-state index contributed by atoms with van der Waals surface area (Å²) in [5, 5.41) is 2.60. The number of nitrogens with one attached hydrogen (secondary N) is 1. The van der Waals surface area contributed by atoms with Gasteiger partial charge in [-0.2, -0.15) is 0 Å². The maximum Gasteiger partial charge on any atom is 0.339 e. The fourth-order valence-electron chi connectivity index (χ4n) is 2.43. The molecule has 1 aliphatic heterocycles. The lowest BCUT2D eigenvalue weighted by Gasteiger charge is -2.16. The molecule has 6 nitrogen and oxygen atoms in total. The Bertz CT molecular complexity index is 880. The largest absolute Gasteiger partial charge is 0.465 e. The highest BCUT2D eigenvalue weighted by Crippen LogP contribution is 2.32. The van der Waals surface area contributed by atoms with Crippen LogP contribution in [-0.4, -0.2) is 35.8 Å². The van der Waals surface area contributed by atoms with Crippen LogP contribution in [0.5, 0.6) is 0 Å². The Balaban J connectivity index is 1.74. The summed E-state index contributed by atoms with van der Waals surface area (Å²) in [7, 11) is 1.30. The predicted octanol–water partition coefficient (Wildman–Crippen LogP) is 3.58. The van der Waals surface area contributed by atoms with Crippen LogP contribution in [0.15, 0.2) is 59.5 Å². The molecule has 26 heavy (non-hydrogen) atoms. The van der Waals surface area contributed by atoms with Crippen molar-refractivity contribution in [1.82, 2.24) is 4.90 Å². The molecule has 1 aliphatic rings. The van der Waals surface area contributed by atoms with E-state index in [0.717, 1.165) is 22.2 Å². The van der Waals surface area contributed by atoms with Gasteiger partial charge in [-0.3, -0.25) is 14.5 Å². The van der Waals surface area contributed by atoms with E-state index < -0.39 is 5.97 Å². The molecule has 0 unspecified atom stereocenters. The summed E-state index contributed by atoms with van der Waals surface area (Å²) >= 11 is 0.894. The van der Waals surface area contributed by atoms with Crippen LogP contribution in [0, 0.1) is 0 Å². The molecule has 1 N–H and O–H groups in total. The van der Waals surface area contributed by atoms with Gasteiger partial charge in [0.15, 0.2) is 0 Å². The van der Waals surface area contributed by atoms with Crippen LogP contribution in [0.2, 0.25) is 0 Å². The Hall–Kier alpha value is -3.06. The number of benzene rings is 2. The standard InChI is InChI=1S/C19H16N2O4S/c1-25-18(23)14-9-5-6-10-15(14)20-12-21-17(22)16(26-19(21)24)11-13-7-3-2-4-8-13/h2-11,20H,12H2,1H3/b16-11-. The molecule has 0 bridgehead atoms. The molecule has 0 saturated carbocycles. The topological polar surface area (TPSA) is 75.7 Å². The van der Waals surface area contributed by atoms with E-state index in [0.29, 0.717) is 16.2 Å². The maximum absolute atomic E-state index is 12.5. The Labute approximate surface area is 154 Å². The first-order valence-corrected chi connectivity index (χ1v) is 8.63. The summed E-state index contributed by atoms with van der Waals surface area (Å²) in [6.07, 6.45) is 1.69. The van der Waals surface area contributed by atoms with Crippen LogP contribution in [0.1, 0.15) is 15.9 Å². The number of rotatable bonds is 5. The van der Waals surface area contributed by atoms with Gasteiger partial charge in [-0.15, -0.1) is 0 Å². The van der Waals surface area contributed by atoms with Gasteiger partial charge in [-0.05, 0) is 35.5 Å². The van der Waals surface area contributed by atoms with Gasteiger partial charge in [-0.1, -0.05) is 42.5 Å². The molecule has 3 rings (SSSR count). The van der Waals surface area contributed by atoms with E-state index in [1.165, 1.54) is 7.11 Å². The quantitative estimate of drug-likeness (QED) is 0.642. The smallest absolute Gasteiger partial charge is 0.339 e. The lowest BCUT2D eigenvalue weighted by molar-refractivity contribution is -0.122. The molecule has 0 aromatic heterocycles. The molecule has 2 aromatic rings. The second-order valence-corrected chi connectivity index (χ2v) is 6.39. The van der Waals surface area contributed by atoms with Crippen molar-refractivity contribution in [2.45, 2.75) is 0 Å². The summed E-state index contributed by atoms with van der Waals surface area (Å²) in [6, 6.07) is 16.1. The Morgan fingerprint density at radius 2 is 1.81 bits per heavy atom. The van der Waals surface area contributed by atoms with E-state index >= 15 is 0 Å². The van der Waals surface area contributed by atoms with E-state index in [9.17, 15) is 14.4 Å². The number of hydrogen-bond donors (Lipinski definition) is 1. The first-order chi connectivity index (χ1) is 12.6. The highest BCUT2D eigenvalue weighted by atomic mass is 32.2. The lowest BCUT2D eigenvalue weighted by atomic mass is 10.2. The lowest BCUT2D eigenvalue weighted by Crippen LogP contribution is -2.33. The normalized spacial score (nSPS) is 15.4. The van der Waals surface area contributed by atoms with Gasteiger partial charge in [0.05, 0.1) is 29.9 Å². The van der Waals surface area contributed by atoms with Crippen LogP contribution in [0.4, 0.5) is 10.5 Å². The third-order valence-corrected chi connectivity index (χ3v) is 4.64. The van der Waals surface area contributed by atoms with Crippen molar-refractivity contribution in [3.63, 3.8) is 0 Å². The fourth-order valence-corrected chi connectivity index (χ4v) is 3.26. The van der Waals surface area contributed by atoms with Gasteiger partial charge < -0.3 is 10.1 Å². The highest BCUT2D eigenvalue weighted by molar-refractivity contribution is 8.18. The van der Waals surface area contributed by atoms with Crippen molar-refractivity contribution in [3.8, 4) is 0 Å². The number of carbonyl (C=O) groups excluding carboxylic acids is 3. The fraction of sp³-hybridized carbons (Fsp3) is 0.105. The van der Waals surface area contributed by atoms with Crippen LogP contribution < -0.4 is 5.32 Å². The van der Waals surface area contributed by atoms with Crippen LogP contribution >= 0.6 is 11.8 Å². The van der Waals surface area contributed by atoms with Crippen LogP contribution in [0.25, 0.3) is 6.08 Å². The molecular formula is C19H16N2O4S. The SMILES string of the molecule is COC(=O)c1ccccc1NCN1C(=O)S/C(=C\c2ccccc2)C1=O. The van der Waals surface area contributed by atoms with Gasteiger partial charge in [-0.25, -0.2) is 4.79 Å². The van der Waals surface area contributed by atoms with Gasteiger partial charge in [0, 0.05) is 0 Å². The number of ether oxygens (including phenoxy) is 1. The van der Waals surface area contributed by atoms with E-state index in [1.807, 2.05) is 30.3 Å². The molecule has 2 amide bonds. The minimum Gasteiger partial charge on any atom is -0.465 e. The second kappa shape index (κ2) is 7.88. The zero-order chi connectivity index (χ0) is 18.5. The summed E-state index contributed by atoms with van der Waals surface area (Å²) in [5.74, 6) is -0.863. The molecule has 0 aliphatic carbocycles. The minimum absolute atomic E-state index is 0.0369. The number of imide groups is 1. The van der Waals surface area contributed by atoms with E-state index in [4.69, 9.17) is 4.74 Å². The number of hydrogen-bond acceptors (Lipinski definition) is 6. The van der Waals surface area contributed by atoms with Crippen LogP contribution in [0.3, 0.4) is 0 Å². The summed E-state index contributed by atoms with van der Waals surface area (Å²) in [4.78, 5) is 37.9. The zero-order valence-corrected chi connectivity index (χ0v) is 14.8. The number of nitrogens with zero attached hydrogens (tertiary/aromatic N) is 1. The molecule has 0 spiro atoms. The van der Waals surface area contributed by atoms with Gasteiger partial charge >= 0.3 is 5.97 Å². The third-order valence-electron chi connectivity index (χ3n) is 3.73. The molecule has 1 heterocycles. The molecule has 1 saturated heterocycles. The van der Waals surface area contributed by atoms with Crippen molar-refractivity contribution in [3.05, 3.63) is 70.6 Å². The van der Waals surface area contributed by atoms with Crippen LogP contribution in [-0.2, 0) is 9.53 Å². The molecule has 1 fully saturated rings. The molecule has 132 valence electrons.